The van der Waals surface area contributed by atoms with Crippen LogP contribution in [-0.2, 0) is 19.1 Å². The summed E-state index contributed by atoms with van der Waals surface area (Å²) in [4.78, 5) is 38.8. The lowest BCUT2D eigenvalue weighted by atomic mass is 9.85. The summed E-state index contributed by atoms with van der Waals surface area (Å²) in [6.07, 6.45) is 0. The summed E-state index contributed by atoms with van der Waals surface area (Å²) in [7, 11) is 0. The van der Waals surface area contributed by atoms with Gasteiger partial charge in [-0.05, 0) is 17.0 Å². The van der Waals surface area contributed by atoms with E-state index in [0.717, 1.165) is 5.56 Å². The molecule has 0 aliphatic carbocycles. The van der Waals surface area contributed by atoms with Crippen molar-refractivity contribution in [1.29, 1.82) is 0 Å². The quantitative estimate of drug-likeness (QED) is 0.766. The van der Waals surface area contributed by atoms with Crippen molar-refractivity contribution in [3.63, 3.8) is 0 Å². The molecule has 1 saturated heterocycles. The van der Waals surface area contributed by atoms with Gasteiger partial charge in [-0.1, -0.05) is 31.2 Å². The predicted molar refractivity (Wildman–Crippen MR) is 82.5 cm³/mol. The first-order chi connectivity index (χ1) is 11.0. The molecule has 0 aromatic heterocycles. The Kier molecular flexibility index (Phi) is 4.07. The Morgan fingerprint density at radius 1 is 1.22 bits per heavy atom. The summed E-state index contributed by atoms with van der Waals surface area (Å²) in [5, 5.41) is 0. The molecule has 0 radical (unpaired) electrons. The van der Waals surface area contributed by atoms with Crippen molar-refractivity contribution in [3.8, 4) is 0 Å². The van der Waals surface area contributed by atoms with Crippen molar-refractivity contribution >= 4 is 17.8 Å². The fraction of sp³-hybridized carbons (Fsp3) is 0.471. The number of fused-ring (bicyclic) bond motifs is 3. The van der Waals surface area contributed by atoms with E-state index >= 15 is 0 Å². The van der Waals surface area contributed by atoms with E-state index in [4.69, 9.17) is 4.74 Å². The zero-order valence-corrected chi connectivity index (χ0v) is 13.3. The molecule has 2 aliphatic heterocycles. The molecule has 1 aromatic carbocycles. The highest BCUT2D eigenvalue weighted by Gasteiger charge is 2.40. The fourth-order valence-electron chi connectivity index (χ4n) is 3.40. The van der Waals surface area contributed by atoms with Crippen LogP contribution in [0, 0.1) is 0 Å². The Hall–Kier alpha value is -2.37. The molecule has 0 spiro atoms. The predicted octanol–water partition coefficient (Wildman–Crippen LogP) is 1.08. The van der Waals surface area contributed by atoms with Crippen LogP contribution in [-0.4, -0.2) is 53.8 Å². The molecule has 0 saturated carbocycles. The van der Waals surface area contributed by atoms with Crippen molar-refractivity contribution in [1.82, 2.24) is 9.80 Å². The van der Waals surface area contributed by atoms with Gasteiger partial charge >= 0.3 is 5.97 Å². The van der Waals surface area contributed by atoms with Crippen LogP contribution in [0.2, 0.25) is 0 Å². The topological polar surface area (TPSA) is 66.9 Å². The number of amides is 2. The third-order valence-corrected chi connectivity index (χ3v) is 4.52. The number of hydrogen-bond donors (Lipinski definition) is 0. The first-order valence-corrected chi connectivity index (χ1v) is 7.76. The van der Waals surface area contributed by atoms with Gasteiger partial charge in [0.1, 0.15) is 0 Å². The molecule has 6 heteroatoms. The number of piperazine rings is 1. The molecule has 6 nitrogen and oxygen atoms in total. The Morgan fingerprint density at radius 2 is 1.91 bits per heavy atom. The minimum Gasteiger partial charge on any atom is -0.456 e. The van der Waals surface area contributed by atoms with Crippen LogP contribution in [0.4, 0.5) is 0 Å². The molecular weight excluding hydrogens is 296 g/mol. The lowest BCUT2D eigenvalue weighted by Crippen LogP contribution is -2.56. The highest BCUT2D eigenvalue weighted by molar-refractivity contribution is 5.88. The number of rotatable bonds is 2. The Morgan fingerprint density at radius 3 is 2.61 bits per heavy atom. The lowest BCUT2D eigenvalue weighted by molar-refractivity contribution is -0.156. The Labute approximate surface area is 135 Å². The van der Waals surface area contributed by atoms with E-state index < -0.39 is 5.97 Å². The van der Waals surface area contributed by atoms with Gasteiger partial charge in [-0.25, -0.2) is 0 Å². The molecule has 1 fully saturated rings. The van der Waals surface area contributed by atoms with Crippen LogP contribution < -0.4 is 0 Å². The second-order valence-electron chi connectivity index (χ2n) is 6.15. The van der Waals surface area contributed by atoms with Crippen molar-refractivity contribution in [3.05, 3.63) is 35.4 Å². The maximum Gasteiger partial charge on any atom is 0.303 e. The number of ether oxygens (including phenoxy) is 1. The second kappa shape index (κ2) is 6.02. The van der Waals surface area contributed by atoms with E-state index in [2.05, 4.69) is 13.0 Å². The average Bonchev–Trinajstić information content (AvgIpc) is 2.53. The van der Waals surface area contributed by atoms with Gasteiger partial charge in [-0.3, -0.25) is 14.4 Å². The van der Waals surface area contributed by atoms with E-state index in [1.807, 2.05) is 23.1 Å². The van der Waals surface area contributed by atoms with E-state index in [1.165, 1.54) is 17.4 Å². The Balaban J connectivity index is 1.83. The van der Waals surface area contributed by atoms with E-state index in [1.54, 1.807) is 0 Å². The minimum absolute atomic E-state index is 0.0471. The Bertz CT molecular complexity index is 658. The van der Waals surface area contributed by atoms with Crippen LogP contribution in [0.25, 0.3) is 0 Å². The molecule has 3 rings (SSSR count). The van der Waals surface area contributed by atoms with Crippen molar-refractivity contribution < 1.29 is 19.1 Å². The van der Waals surface area contributed by atoms with Gasteiger partial charge in [0.2, 0.25) is 5.91 Å². The number of nitrogens with zero attached hydrogens (tertiary/aromatic N) is 2. The summed E-state index contributed by atoms with van der Waals surface area (Å²) in [6.45, 7) is 4.22. The molecule has 2 heterocycles. The van der Waals surface area contributed by atoms with Crippen LogP contribution in [0.5, 0.6) is 0 Å². The van der Waals surface area contributed by atoms with Crippen molar-refractivity contribution in [2.45, 2.75) is 25.8 Å². The van der Waals surface area contributed by atoms with Crippen LogP contribution in [0.15, 0.2) is 24.3 Å². The van der Waals surface area contributed by atoms with E-state index in [-0.39, 0.29) is 36.9 Å². The van der Waals surface area contributed by atoms with Gasteiger partial charge in [-0.2, -0.15) is 0 Å². The zero-order chi connectivity index (χ0) is 16.6. The maximum atomic E-state index is 12.5. The molecule has 23 heavy (non-hydrogen) atoms. The molecule has 2 aliphatic rings. The largest absolute Gasteiger partial charge is 0.456 e. The highest BCUT2D eigenvalue weighted by atomic mass is 16.5. The molecule has 2 unspecified atom stereocenters. The summed E-state index contributed by atoms with van der Waals surface area (Å²) >= 11 is 0. The summed E-state index contributed by atoms with van der Waals surface area (Å²) in [5.74, 6) is -0.599. The third-order valence-electron chi connectivity index (χ3n) is 4.52. The summed E-state index contributed by atoms with van der Waals surface area (Å²) in [5.41, 5.74) is 2.33. The molecular formula is C17H20N2O4. The number of benzene rings is 1. The molecule has 2 atom stereocenters. The zero-order valence-electron chi connectivity index (χ0n) is 13.3. The highest BCUT2D eigenvalue weighted by Crippen LogP contribution is 2.37. The number of hydrogen-bond acceptors (Lipinski definition) is 4. The third kappa shape index (κ3) is 2.93. The standard InChI is InChI=1S/C17H20N2O4/c1-11-7-19-15(14-6-4-3-5-13(11)14)8-18(9-16(19)21)17(22)10-23-12(2)20/h3-6,11,15H,7-10H2,1-2H3. The van der Waals surface area contributed by atoms with Gasteiger partial charge in [0.05, 0.1) is 12.6 Å². The summed E-state index contributed by atoms with van der Waals surface area (Å²) < 4.78 is 4.76. The minimum atomic E-state index is -0.500. The number of carbonyl (C=O) groups is 3. The number of esters is 1. The van der Waals surface area contributed by atoms with Crippen LogP contribution in [0.1, 0.15) is 36.9 Å². The van der Waals surface area contributed by atoms with Gasteiger partial charge < -0.3 is 14.5 Å². The number of carbonyl (C=O) groups excluding carboxylic acids is 3. The van der Waals surface area contributed by atoms with Crippen LogP contribution >= 0.6 is 0 Å². The monoisotopic (exact) mass is 316 g/mol. The smallest absolute Gasteiger partial charge is 0.303 e. The van der Waals surface area contributed by atoms with E-state index in [9.17, 15) is 14.4 Å². The van der Waals surface area contributed by atoms with Crippen molar-refractivity contribution in [2.75, 3.05) is 26.2 Å². The normalized spacial score (nSPS) is 23.1. The molecule has 1 aromatic rings. The van der Waals surface area contributed by atoms with Gasteiger partial charge in [0.25, 0.3) is 5.91 Å². The average molecular weight is 316 g/mol. The van der Waals surface area contributed by atoms with Gasteiger partial charge in [-0.15, -0.1) is 0 Å². The molecule has 0 N–H and O–H groups in total. The van der Waals surface area contributed by atoms with Crippen LogP contribution in [0.3, 0.4) is 0 Å². The SMILES string of the molecule is CC(=O)OCC(=O)N1CC(=O)N2CC(C)c3ccccc3C2C1. The fourth-order valence-corrected chi connectivity index (χ4v) is 3.40. The molecule has 2 amide bonds. The second-order valence-corrected chi connectivity index (χ2v) is 6.15. The summed E-state index contributed by atoms with van der Waals surface area (Å²) in [6, 6.07) is 7.94. The van der Waals surface area contributed by atoms with Gasteiger partial charge in [0.15, 0.2) is 6.61 Å². The van der Waals surface area contributed by atoms with Crippen molar-refractivity contribution in [2.24, 2.45) is 0 Å². The lowest BCUT2D eigenvalue weighted by Gasteiger charge is -2.46. The van der Waals surface area contributed by atoms with Gasteiger partial charge in [0, 0.05) is 20.0 Å². The molecule has 0 bridgehead atoms. The molecule has 122 valence electrons. The maximum absolute atomic E-state index is 12.5. The first kappa shape index (κ1) is 15.5. The first-order valence-electron chi connectivity index (χ1n) is 7.76. The van der Waals surface area contributed by atoms with E-state index in [0.29, 0.717) is 13.1 Å².